The number of hydrogen-bond acceptors (Lipinski definition) is 3. The molecule has 1 heterocycles. The van der Waals surface area contributed by atoms with Crippen molar-refractivity contribution in [2.75, 3.05) is 52.5 Å². The number of halogens is 1. The molecule has 0 amide bonds. The SMILES string of the molecule is CCNC(=NCC1CCN(CCc2ccccc2)C1)NCCCOCC1CC1.I. The predicted octanol–water partition coefficient (Wildman–Crippen LogP) is 3.54. The molecule has 2 N–H and O–H groups in total. The standard InChI is InChI=1S/C23H38N4O.HI/c1-2-24-23(25-13-6-16-28-19-21-9-10-21)26-17-22-12-15-27(18-22)14-11-20-7-4-3-5-8-20;/h3-5,7-8,21-22H,2,6,9-19H2,1H3,(H2,24,25,26);1H. The molecular formula is C23H39IN4O. The van der Waals surface area contributed by atoms with Gasteiger partial charge in [-0.1, -0.05) is 30.3 Å². The van der Waals surface area contributed by atoms with Crippen LogP contribution in [0.1, 0.15) is 38.2 Å². The highest BCUT2D eigenvalue weighted by Gasteiger charge is 2.22. The first-order chi connectivity index (χ1) is 13.8. The Kier molecular flexibility index (Phi) is 12.0. The van der Waals surface area contributed by atoms with Crippen LogP contribution in [0.3, 0.4) is 0 Å². The molecule has 1 unspecified atom stereocenters. The Morgan fingerprint density at radius 3 is 2.72 bits per heavy atom. The number of benzene rings is 1. The highest BCUT2D eigenvalue weighted by molar-refractivity contribution is 14.0. The number of rotatable bonds is 12. The van der Waals surface area contributed by atoms with Gasteiger partial charge in [-0.05, 0) is 63.0 Å². The summed E-state index contributed by atoms with van der Waals surface area (Å²) in [4.78, 5) is 7.42. The second-order valence-corrected chi connectivity index (χ2v) is 8.21. The van der Waals surface area contributed by atoms with E-state index in [1.54, 1.807) is 0 Å². The average Bonchev–Trinajstić information content (AvgIpc) is 3.44. The van der Waals surface area contributed by atoms with E-state index in [-0.39, 0.29) is 24.0 Å². The van der Waals surface area contributed by atoms with Crippen LogP contribution in [0.25, 0.3) is 0 Å². The van der Waals surface area contributed by atoms with Crippen LogP contribution < -0.4 is 10.6 Å². The fraction of sp³-hybridized carbons (Fsp3) is 0.696. The molecule has 0 aromatic heterocycles. The van der Waals surface area contributed by atoms with Crippen LogP contribution in [-0.2, 0) is 11.2 Å². The number of aliphatic imine (C=N–C) groups is 1. The van der Waals surface area contributed by atoms with Gasteiger partial charge < -0.3 is 20.3 Å². The first-order valence-electron chi connectivity index (χ1n) is 11.2. The third-order valence-electron chi connectivity index (χ3n) is 5.59. The first kappa shape index (κ1) is 24.4. The lowest BCUT2D eigenvalue weighted by Crippen LogP contribution is -2.38. The van der Waals surface area contributed by atoms with Gasteiger partial charge in [-0.2, -0.15) is 0 Å². The molecule has 1 saturated carbocycles. The van der Waals surface area contributed by atoms with Crippen molar-refractivity contribution in [3.8, 4) is 0 Å². The van der Waals surface area contributed by atoms with E-state index in [0.717, 1.165) is 64.1 Å². The zero-order valence-electron chi connectivity index (χ0n) is 17.9. The number of guanidine groups is 1. The van der Waals surface area contributed by atoms with E-state index >= 15 is 0 Å². The molecule has 2 fully saturated rings. The molecule has 0 bridgehead atoms. The fourth-order valence-electron chi connectivity index (χ4n) is 3.67. The number of ether oxygens (including phenoxy) is 1. The van der Waals surface area contributed by atoms with Crippen molar-refractivity contribution >= 4 is 29.9 Å². The highest BCUT2D eigenvalue weighted by atomic mass is 127. The van der Waals surface area contributed by atoms with Crippen molar-refractivity contribution in [1.29, 1.82) is 0 Å². The van der Waals surface area contributed by atoms with Crippen molar-refractivity contribution in [3.05, 3.63) is 35.9 Å². The predicted molar refractivity (Wildman–Crippen MR) is 132 cm³/mol. The molecule has 1 aromatic carbocycles. The van der Waals surface area contributed by atoms with E-state index in [2.05, 4.69) is 52.8 Å². The molecule has 0 radical (unpaired) electrons. The van der Waals surface area contributed by atoms with Gasteiger partial charge in [0.25, 0.3) is 0 Å². The average molecular weight is 514 g/mol. The van der Waals surface area contributed by atoms with Gasteiger partial charge in [-0.25, -0.2) is 0 Å². The second kappa shape index (κ2) is 14.2. The van der Waals surface area contributed by atoms with Crippen LogP contribution in [0, 0.1) is 11.8 Å². The zero-order chi connectivity index (χ0) is 19.4. The largest absolute Gasteiger partial charge is 0.381 e. The summed E-state index contributed by atoms with van der Waals surface area (Å²) in [6.07, 6.45) is 6.16. The van der Waals surface area contributed by atoms with Gasteiger partial charge in [0, 0.05) is 45.9 Å². The van der Waals surface area contributed by atoms with Crippen molar-refractivity contribution < 1.29 is 4.74 Å². The molecule has 2 aliphatic rings. The molecule has 3 rings (SSSR count). The number of nitrogens with zero attached hydrogens (tertiary/aromatic N) is 2. The lowest BCUT2D eigenvalue weighted by molar-refractivity contribution is 0.123. The Balaban J connectivity index is 0.00000300. The Morgan fingerprint density at radius 2 is 1.97 bits per heavy atom. The summed E-state index contributed by atoms with van der Waals surface area (Å²) in [5, 5.41) is 6.82. The third-order valence-corrected chi connectivity index (χ3v) is 5.59. The van der Waals surface area contributed by atoms with Gasteiger partial charge in [-0.15, -0.1) is 24.0 Å². The molecule has 0 spiro atoms. The first-order valence-corrected chi connectivity index (χ1v) is 11.2. The summed E-state index contributed by atoms with van der Waals surface area (Å²) >= 11 is 0. The minimum Gasteiger partial charge on any atom is -0.381 e. The Hall–Kier alpha value is -0.860. The summed E-state index contributed by atoms with van der Waals surface area (Å²) in [6.45, 7) is 10.2. The van der Waals surface area contributed by atoms with Crippen molar-refractivity contribution in [1.82, 2.24) is 15.5 Å². The quantitative estimate of drug-likeness (QED) is 0.194. The number of likely N-dealkylation sites (tertiary alicyclic amines) is 1. The maximum atomic E-state index is 5.70. The Labute approximate surface area is 194 Å². The molecule has 1 atom stereocenters. The summed E-state index contributed by atoms with van der Waals surface area (Å²) < 4.78 is 5.70. The smallest absolute Gasteiger partial charge is 0.191 e. The monoisotopic (exact) mass is 514 g/mol. The second-order valence-electron chi connectivity index (χ2n) is 8.21. The molecule has 6 heteroatoms. The van der Waals surface area contributed by atoms with Crippen LogP contribution in [-0.4, -0.2) is 63.3 Å². The van der Waals surface area contributed by atoms with Crippen LogP contribution in [0.15, 0.2) is 35.3 Å². The third kappa shape index (κ3) is 10.1. The van der Waals surface area contributed by atoms with Crippen molar-refractivity contribution in [3.63, 3.8) is 0 Å². The topological polar surface area (TPSA) is 48.9 Å². The lowest BCUT2D eigenvalue weighted by Gasteiger charge is -2.16. The van der Waals surface area contributed by atoms with Gasteiger partial charge in [-0.3, -0.25) is 4.99 Å². The van der Waals surface area contributed by atoms with Gasteiger partial charge >= 0.3 is 0 Å². The molecule has 164 valence electrons. The van der Waals surface area contributed by atoms with Crippen molar-refractivity contribution in [2.24, 2.45) is 16.8 Å². The highest BCUT2D eigenvalue weighted by Crippen LogP contribution is 2.28. The fourth-order valence-corrected chi connectivity index (χ4v) is 3.67. The van der Waals surface area contributed by atoms with E-state index in [1.807, 2.05) is 0 Å². The van der Waals surface area contributed by atoms with Gasteiger partial charge in [0.05, 0.1) is 0 Å². The molecule has 1 aromatic rings. The van der Waals surface area contributed by atoms with Gasteiger partial charge in [0.2, 0.25) is 0 Å². The van der Waals surface area contributed by atoms with Crippen LogP contribution in [0.5, 0.6) is 0 Å². The lowest BCUT2D eigenvalue weighted by atomic mass is 10.1. The summed E-state index contributed by atoms with van der Waals surface area (Å²) in [6, 6.07) is 10.8. The minimum atomic E-state index is 0. The van der Waals surface area contributed by atoms with Gasteiger partial charge in [0.1, 0.15) is 0 Å². The number of hydrogen-bond donors (Lipinski definition) is 2. The summed E-state index contributed by atoms with van der Waals surface area (Å²) in [5.41, 5.74) is 1.43. The normalized spacial score (nSPS) is 19.8. The van der Waals surface area contributed by atoms with E-state index < -0.39 is 0 Å². The number of nitrogens with one attached hydrogen (secondary N) is 2. The van der Waals surface area contributed by atoms with E-state index in [4.69, 9.17) is 9.73 Å². The van der Waals surface area contributed by atoms with Crippen LogP contribution in [0.2, 0.25) is 0 Å². The maximum absolute atomic E-state index is 5.70. The summed E-state index contributed by atoms with van der Waals surface area (Å²) in [5.74, 6) is 2.48. The zero-order valence-corrected chi connectivity index (χ0v) is 20.3. The maximum Gasteiger partial charge on any atom is 0.191 e. The Morgan fingerprint density at radius 1 is 1.14 bits per heavy atom. The van der Waals surface area contributed by atoms with Gasteiger partial charge in [0.15, 0.2) is 5.96 Å². The van der Waals surface area contributed by atoms with E-state index in [1.165, 1.54) is 37.9 Å². The molecule has 29 heavy (non-hydrogen) atoms. The molecule has 5 nitrogen and oxygen atoms in total. The molecule has 1 aliphatic heterocycles. The van der Waals surface area contributed by atoms with Crippen LogP contribution in [0.4, 0.5) is 0 Å². The van der Waals surface area contributed by atoms with E-state index in [0.29, 0.717) is 5.92 Å². The van der Waals surface area contributed by atoms with Crippen molar-refractivity contribution in [2.45, 2.75) is 39.0 Å². The molecular weight excluding hydrogens is 475 g/mol. The Bertz CT molecular complexity index is 580. The minimum absolute atomic E-state index is 0. The van der Waals surface area contributed by atoms with Crippen LogP contribution >= 0.6 is 24.0 Å². The molecule has 1 aliphatic carbocycles. The summed E-state index contributed by atoms with van der Waals surface area (Å²) in [7, 11) is 0. The molecule has 1 saturated heterocycles. The van der Waals surface area contributed by atoms with E-state index in [9.17, 15) is 0 Å².